The largest absolute Gasteiger partial charge is 0.326 e. The second kappa shape index (κ2) is 6.71. The van der Waals surface area contributed by atoms with Crippen LogP contribution in [-0.2, 0) is 9.59 Å². The van der Waals surface area contributed by atoms with Gasteiger partial charge in [0.1, 0.15) is 0 Å². The van der Waals surface area contributed by atoms with Crippen molar-refractivity contribution in [2.24, 2.45) is 0 Å². The molecule has 24 heavy (non-hydrogen) atoms. The monoisotopic (exact) mass is 343 g/mol. The third-order valence-corrected chi connectivity index (χ3v) is 4.69. The van der Waals surface area contributed by atoms with Crippen molar-refractivity contribution in [2.45, 2.75) is 16.6 Å². The van der Waals surface area contributed by atoms with E-state index >= 15 is 0 Å². The van der Waals surface area contributed by atoms with E-state index in [9.17, 15) is 19.7 Å². The van der Waals surface area contributed by atoms with E-state index in [-0.39, 0.29) is 23.9 Å². The number of benzene rings is 2. The number of hydrogen-bond donors (Lipinski definition) is 2. The zero-order valence-electron chi connectivity index (χ0n) is 12.4. The molecule has 1 heterocycles. The van der Waals surface area contributed by atoms with Crippen LogP contribution < -0.4 is 10.6 Å². The number of nitrogens with zero attached hydrogens (tertiary/aromatic N) is 1. The molecule has 0 unspecified atom stereocenters. The van der Waals surface area contributed by atoms with Crippen molar-refractivity contribution < 1.29 is 14.5 Å². The molecule has 3 rings (SSSR count). The molecule has 0 radical (unpaired) electrons. The van der Waals surface area contributed by atoms with Gasteiger partial charge in [0.15, 0.2) is 0 Å². The highest BCUT2D eigenvalue weighted by molar-refractivity contribution is 8.01. The van der Waals surface area contributed by atoms with Crippen LogP contribution in [-0.4, -0.2) is 22.0 Å². The van der Waals surface area contributed by atoms with Crippen LogP contribution in [0.25, 0.3) is 0 Å². The second-order valence-electron chi connectivity index (χ2n) is 5.15. The van der Waals surface area contributed by atoms with Gasteiger partial charge in [-0.15, -0.1) is 11.8 Å². The van der Waals surface area contributed by atoms with E-state index in [1.54, 1.807) is 12.1 Å². The highest BCUT2D eigenvalue weighted by atomic mass is 32.2. The third-order valence-electron chi connectivity index (χ3n) is 3.42. The number of thioether (sulfide) groups is 1. The molecule has 2 amide bonds. The van der Waals surface area contributed by atoms with Crippen molar-refractivity contribution in [3.8, 4) is 0 Å². The van der Waals surface area contributed by atoms with Gasteiger partial charge >= 0.3 is 0 Å². The van der Waals surface area contributed by atoms with Crippen molar-refractivity contribution in [2.75, 3.05) is 10.6 Å². The normalized spacial score (nSPS) is 16.0. The quantitative estimate of drug-likeness (QED) is 0.656. The number of non-ortho nitro benzene ring substituents is 1. The lowest BCUT2D eigenvalue weighted by Crippen LogP contribution is -2.32. The van der Waals surface area contributed by atoms with Gasteiger partial charge in [-0.25, -0.2) is 0 Å². The fourth-order valence-corrected chi connectivity index (χ4v) is 3.42. The van der Waals surface area contributed by atoms with Gasteiger partial charge in [-0.2, -0.15) is 0 Å². The number of hydrogen-bond acceptors (Lipinski definition) is 5. The van der Waals surface area contributed by atoms with E-state index in [1.807, 2.05) is 18.2 Å². The summed E-state index contributed by atoms with van der Waals surface area (Å²) in [5, 5.41) is 15.6. The predicted octanol–water partition coefficient (Wildman–Crippen LogP) is 3.04. The molecule has 0 bridgehead atoms. The Hall–Kier alpha value is -2.87. The standard InChI is InChI=1S/C16H13N3O4S/c20-15(17-10-4-3-5-11(8-10)19(22)23)9-14-16(21)18-12-6-1-2-7-13(12)24-14/h1-8,14H,9H2,(H,17,20)(H,18,21)/t14-/m0/s1. The number of fused-ring (bicyclic) bond motifs is 1. The molecule has 0 fully saturated rings. The minimum atomic E-state index is -0.543. The highest BCUT2D eigenvalue weighted by Crippen LogP contribution is 2.36. The zero-order chi connectivity index (χ0) is 17.1. The Balaban J connectivity index is 1.66. The lowest BCUT2D eigenvalue weighted by molar-refractivity contribution is -0.384. The number of nitro benzene ring substituents is 1. The fourth-order valence-electron chi connectivity index (χ4n) is 2.30. The molecule has 7 nitrogen and oxygen atoms in total. The second-order valence-corrected chi connectivity index (χ2v) is 6.40. The summed E-state index contributed by atoms with van der Waals surface area (Å²) in [7, 11) is 0. The van der Waals surface area contributed by atoms with Crippen LogP contribution in [0.3, 0.4) is 0 Å². The molecule has 0 aliphatic carbocycles. The van der Waals surface area contributed by atoms with Crippen molar-refractivity contribution in [3.63, 3.8) is 0 Å². The molecular formula is C16H13N3O4S. The Morgan fingerprint density at radius 1 is 1.25 bits per heavy atom. The number of rotatable bonds is 4. The molecule has 2 N–H and O–H groups in total. The van der Waals surface area contributed by atoms with Crippen LogP contribution >= 0.6 is 11.8 Å². The van der Waals surface area contributed by atoms with E-state index < -0.39 is 10.2 Å². The van der Waals surface area contributed by atoms with E-state index in [1.165, 1.54) is 30.0 Å². The number of carbonyl (C=O) groups excluding carboxylic acids is 2. The topological polar surface area (TPSA) is 101 Å². The number of para-hydroxylation sites is 1. The van der Waals surface area contributed by atoms with E-state index in [2.05, 4.69) is 10.6 Å². The van der Waals surface area contributed by atoms with Gasteiger partial charge in [-0.05, 0) is 18.2 Å². The van der Waals surface area contributed by atoms with Crippen molar-refractivity contribution in [1.29, 1.82) is 0 Å². The van der Waals surface area contributed by atoms with Gasteiger partial charge < -0.3 is 10.6 Å². The first-order valence-corrected chi connectivity index (χ1v) is 8.02. The molecule has 1 aliphatic rings. The van der Waals surface area contributed by atoms with Crippen LogP contribution in [0.5, 0.6) is 0 Å². The van der Waals surface area contributed by atoms with Crippen LogP contribution in [0.1, 0.15) is 6.42 Å². The van der Waals surface area contributed by atoms with Crippen LogP contribution in [0, 0.1) is 10.1 Å². The van der Waals surface area contributed by atoms with Gasteiger partial charge in [0.2, 0.25) is 11.8 Å². The summed E-state index contributed by atoms with van der Waals surface area (Å²) in [5.74, 6) is -0.601. The number of carbonyl (C=O) groups is 2. The lowest BCUT2D eigenvalue weighted by atomic mass is 10.2. The summed E-state index contributed by atoms with van der Waals surface area (Å²) in [6, 6.07) is 13.1. The average molecular weight is 343 g/mol. The summed E-state index contributed by atoms with van der Waals surface area (Å²) in [6.07, 6.45) is -0.0203. The first-order chi connectivity index (χ1) is 11.5. The van der Waals surface area contributed by atoms with Gasteiger partial charge in [-0.1, -0.05) is 18.2 Å². The summed E-state index contributed by atoms with van der Waals surface area (Å²) < 4.78 is 0. The Bertz CT molecular complexity index is 824. The molecule has 2 aromatic carbocycles. The summed E-state index contributed by atoms with van der Waals surface area (Å²) in [5.41, 5.74) is 0.963. The molecule has 0 spiro atoms. The Morgan fingerprint density at radius 2 is 2.04 bits per heavy atom. The molecule has 1 aliphatic heterocycles. The van der Waals surface area contributed by atoms with Crippen molar-refractivity contribution >= 4 is 40.6 Å². The molecule has 8 heteroatoms. The smallest absolute Gasteiger partial charge is 0.271 e. The molecule has 0 saturated carbocycles. The van der Waals surface area contributed by atoms with Crippen LogP contribution in [0.15, 0.2) is 53.4 Å². The summed E-state index contributed by atoms with van der Waals surface area (Å²) in [4.78, 5) is 35.4. The van der Waals surface area contributed by atoms with Gasteiger partial charge in [-0.3, -0.25) is 19.7 Å². The molecule has 122 valence electrons. The van der Waals surface area contributed by atoms with Gasteiger partial charge in [0.05, 0.1) is 15.9 Å². The maximum atomic E-state index is 12.1. The molecule has 0 saturated heterocycles. The molecule has 0 aromatic heterocycles. The summed E-state index contributed by atoms with van der Waals surface area (Å²) in [6.45, 7) is 0. The SMILES string of the molecule is O=C(C[C@@H]1Sc2ccccc2NC1=O)Nc1cccc([N+](=O)[O-])c1. The van der Waals surface area contributed by atoms with Crippen LogP contribution in [0.4, 0.5) is 17.1 Å². The minimum absolute atomic E-state index is 0.0203. The van der Waals surface area contributed by atoms with Crippen molar-refractivity contribution in [1.82, 2.24) is 0 Å². The molecular weight excluding hydrogens is 330 g/mol. The van der Waals surface area contributed by atoms with Crippen LogP contribution in [0.2, 0.25) is 0 Å². The Morgan fingerprint density at radius 3 is 2.83 bits per heavy atom. The van der Waals surface area contributed by atoms with E-state index in [0.29, 0.717) is 5.69 Å². The molecule has 2 aromatic rings. The number of nitrogens with one attached hydrogen (secondary N) is 2. The minimum Gasteiger partial charge on any atom is -0.326 e. The predicted molar refractivity (Wildman–Crippen MR) is 91.1 cm³/mol. The maximum Gasteiger partial charge on any atom is 0.271 e. The third kappa shape index (κ3) is 3.54. The maximum absolute atomic E-state index is 12.1. The summed E-state index contributed by atoms with van der Waals surface area (Å²) >= 11 is 1.33. The number of anilines is 2. The van der Waals surface area contributed by atoms with E-state index in [4.69, 9.17) is 0 Å². The lowest BCUT2D eigenvalue weighted by Gasteiger charge is -2.23. The Labute approximate surface area is 141 Å². The number of amides is 2. The van der Waals surface area contributed by atoms with E-state index in [0.717, 1.165) is 10.6 Å². The zero-order valence-corrected chi connectivity index (χ0v) is 13.2. The fraction of sp³-hybridized carbons (Fsp3) is 0.125. The average Bonchev–Trinajstić information content (AvgIpc) is 2.55. The van der Waals surface area contributed by atoms with Gasteiger partial charge in [0, 0.05) is 29.1 Å². The molecule has 1 atom stereocenters. The highest BCUT2D eigenvalue weighted by Gasteiger charge is 2.28. The first-order valence-electron chi connectivity index (χ1n) is 7.14. The first kappa shape index (κ1) is 16.0. The Kier molecular flexibility index (Phi) is 4.48. The van der Waals surface area contributed by atoms with Gasteiger partial charge in [0.25, 0.3) is 5.69 Å². The number of nitro groups is 1. The van der Waals surface area contributed by atoms with Crippen molar-refractivity contribution in [3.05, 3.63) is 58.6 Å².